The minimum Gasteiger partial charge on any atom is -0.478 e. The zero-order valence-electron chi connectivity index (χ0n) is 26.4. The predicted molar refractivity (Wildman–Crippen MR) is 157 cm³/mol. The lowest BCUT2D eigenvalue weighted by Crippen LogP contribution is -2.18. The van der Waals surface area contributed by atoms with E-state index in [1.807, 2.05) is 0 Å². The van der Waals surface area contributed by atoms with Crippen LogP contribution < -0.4 is 9.47 Å². The number of methoxy groups -OCH3 is 1. The molecule has 0 aromatic carbocycles. The Kier molecular flexibility index (Phi) is 11.0. The Morgan fingerprint density at radius 3 is 1.34 bits per heavy atom. The van der Waals surface area contributed by atoms with Gasteiger partial charge in [0.1, 0.15) is 11.1 Å². The molecule has 0 aliphatic rings. The van der Waals surface area contributed by atoms with Crippen molar-refractivity contribution in [1.82, 2.24) is 19.1 Å². The van der Waals surface area contributed by atoms with Gasteiger partial charge in [-0.25, -0.2) is 19.6 Å². The van der Waals surface area contributed by atoms with E-state index in [1.54, 1.807) is 52.0 Å². The summed E-state index contributed by atoms with van der Waals surface area (Å²) in [7, 11) is 1.14. The summed E-state index contributed by atoms with van der Waals surface area (Å²) in [6.07, 6.45) is -9.38. The van der Waals surface area contributed by atoms with Crippen molar-refractivity contribution in [2.45, 2.75) is 53.9 Å². The molecule has 0 bridgehead atoms. The van der Waals surface area contributed by atoms with Crippen molar-refractivity contribution in [3.05, 3.63) is 81.7 Å². The summed E-state index contributed by atoms with van der Waals surface area (Å²) >= 11 is 0. The first-order chi connectivity index (χ1) is 21.9. The molecule has 0 unspecified atom stereocenters. The van der Waals surface area contributed by atoms with Gasteiger partial charge < -0.3 is 28.5 Å². The maximum absolute atomic E-state index is 13.4. The van der Waals surface area contributed by atoms with Crippen LogP contribution in [0.5, 0.6) is 11.8 Å². The molecule has 0 radical (unpaired) electrons. The maximum Gasteiger partial charge on any atom is 0.421 e. The van der Waals surface area contributed by atoms with Crippen molar-refractivity contribution in [2.75, 3.05) is 20.3 Å². The summed E-state index contributed by atoms with van der Waals surface area (Å²) in [5, 5.41) is 9.32. The number of aromatic nitrogens is 4. The van der Waals surface area contributed by atoms with Crippen molar-refractivity contribution < 1.29 is 55.2 Å². The Balaban J connectivity index is 0.000000256. The third-order valence-corrected chi connectivity index (χ3v) is 6.71. The van der Waals surface area contributed by atoms with Gasteiger partial charge in [0.15, 0.2) is 11.4 Å². The highest BCUT2D eigenvalue weighted by Crippen LogP contribution is 2.39. The molecule has 16 heteroatoms. The minimum absolute atomic E-state index is 0.00220. The fourth-order valence-electron chi connectivity index (χ4n) is 4.71. The molecular formula is C31H32F6N4O6. The minimum atomic E-state index is -4.71. The van der Waals surface area contributed by atoms with Crippen molar-refractivity contribution >= 4 is 11.9 Å². The fourth-order valence-corrected chi connectivity index (χ4v) is 4.71. The van der Waals surface area contributed by atoms with Crippen LogP contribution in [0.1, 0.15) is 68.7 Å². The number of esters is 1. The molecule has 254 valence electrons. The van der Waals surface area contributed by atoms with Gasteiger partial charge in [-0.15, -0.1) is 0 Å². The second-order valence-electron chi connectivity index (χ2n) is 9.98. The van der Waals surface area contributed by atoms with E-state index >= 15 is 0 Å². The highest BCUT2D eigenvalue weighted by Gasteiger charge is 2.39. The van der Waals surface area contributed by atoms with Gasteiger partial charge in [0.25, 0.3) is 0 Å². The largest absolute Gasteiger partial charge is 0.478 e. The zero-order valence-corrected chi connectivity index (χ0v) is 26.4. The van der Waals surface area contributed by atoms with Crippen LogP contribution in [0.4, 0.5) is 26.3 Å². The number of carboxylic acids is 1. The van der Waals surface area contributed by atoms with Gasteiger partial charge in [0.05, 0.1) is 31.7 Å². The van der Waals surface area contributed by atoms with E-state index in [1.165, 1.54) is 23.0 Å². The van der Waals surface area contributed by atoms with Crippen LogP contribution in [0.3, 0.4) is 0 Å². The molecule has 4 heterocycles. The van der Waals surface area contributed by atoms with Gasteiger partial charge >= 0.3 is 24.3 Å². The first kappa shape index (κ1) is 36.4. The fraction of sp³-hybridized carbons (Fsp3) is 0.355. The number of aromatic carboxylic acids is 1. The van der Waals surface area contributed by atoms with Gasteiger partial charge in [-0.3, -0.25) is 0 Å². The van der Waals surface area contributed by atoms with E-state index < -0.39 is 52.9 Å². The molecule has 0 aliphatic heterocycles. The standard InChI is InChI=1S/C16H17F3N2O3.C15H15F3N2O3/c1-5-24-14-11(16(17,18)19)8-12(13(20-14)15(22)23-4)21-9(2)6-7-10(21)3;1-4-23-13-10(15(16,17)18)7-11(12(19-13)14(21)22)20-8(2)5-6-9(20)3/h6-8H,5H2,1-4H3;5-7H,4H2,1-3H3,(H,21,22). The van der Waals surface area contributed by atoms with E-state index in [2.05, 4.69) is 14.7 Å². The molecule has 4 rings (SSSR count). The molecule has 0 aliphatic carbocycles. The Morgan fingerprint density at radius 2 is 1.04 bits per heavy atom. The summed E-state index contributed by atoms with van der Waals surface area (Å²) in [6.45, 7) is 9.73. The Morgan fingerprint density at radius 1 is 0.702 bits per heavy atom. The van der Waals surface area contributed by atoms with Crippen LogP contribution in [0.15, 0.2) is 36.4 Å². The van der Waals surface area contributed by atoms with E-state index in [-0.39, 0.29) is 30.3 Å². The van der Waals surface area contributed by atoms with Crippen molar-refractivity contribution in [3.8, 4) is 23.1 Å². The highest BCUT2D eigenvalue weighted by molar-refractivity contribution is 5.92. The van der Waals surface area contributed by atoms with Crippen LogP contribution in [0, 0.1) is 27.7 Å². The summed E-state index contributed by atoms with van der Waals surface area (Å²) in [6, 6.07) is 8.47. The van der Waals surface area contributed by atoms with Gasteiger partial charge in [-0.05, 0) is 77.9 Å². The van der Waals surface area contributed by atoms with Crippen LogP contribution in [-0.4, -0.2) is 56.5 Å². The number of ether oxygens (including phenoxy) is 3. The predicted octanol–water partition coefficient (Wildman–Crippen LogP) is 7.30. The molecule has 10 nitrogen and oxygen atoms in total. The summed E-state index contributed by atoms with van der Waals surface area (Å²) in [5.74, 6) is -3.64. The summed E-state index contributed by atoms with van der Waals surface area (Å²) < 4.78 is 97.3. The third kappa shape index (κ3) is 7.86. The number of nitrogens with zero attached hydrogens (tertiary/aromatic N) is 4. The molecule has 0 amide bonds. The topological polar surface area (TPSA) is 118 Å². The molecule has 0 atom stereocenters. The van der Waals surface area contributed by atoms with Crippen LogP contribution in [0.25, 0.3) is 11.4 Å². The lowest BCUT2D eigenvalue weighted by Gasteiger charge is -2.18. The second-order valence-corrected chi connectivity index (χ2v) is 9.98. The number of carbonyl (C=O) groups is 2. The van der Waals surface area contributed by atoms with Crippen LogP contribution in [0.2, 0.25) is 0 Å². The number of hydrogen-bond acceptors (Lipinski definition) is 7. The molecule has 47 heavy (non-hydrogen) atoms. The second kappa shape index (κ2) is 14.2. The summed E-state index contributed by atoms with van der Waals surface area (Å²) in [4.78, 5) is 30.9. The van der Waals surface area contributed by atoms with E-state index in [0.717, 1.165) is 19.2 Å². The molecule has 4 aromatic heterocycles. The van der Waals surface area contributed by atoms with Crippen LogP contribution in [-0.2, 0) is 17.1 Å². The Bertz CT molecular complexity index is 1740. The van der Waals surface area contributed by atoms with E-state index in [9.17, 15) is 41.0 Å². The number of carboxylic acid groups (broad SMARTS) is 1. The molecule has 0 saturated heterocycles. The molecular weight excluding hydrogens is 638 g/mol. The maximum atomic E-state index is 13.4. The normalized spacial score (nSPS) is 11.5. The third-order valence-electron chi connectivity index (χ3n) is 6.71. The molecule has 1 N–H and O–H groups in total. The first-order valence-corrected chi connectivity index (χ1v) is 14.0. The average Bonchev–Trinajstić information content (AvgIpc) is 3.50. The number of alkyl halides is 6. The highest BCUT2D eigenvalue weighted by atomic mass is 19.4. The SMILES string of the molecule is CCOc1nc(C(=O)O)c(-n2c(C)ccc2C)cc1C(F)(F)F.CCOc1nc(C(=O)OC)c(-n2c(C)ccc2C)cc1C(F)(F)F. The van der Waals surface area contributed by atoms with Crippen LogP contribution >= 0.6 is 0 Å². The number of carbonyl (C=O) groups excluding carboxylic acids is 1. The number of rotatable bonds is 8. The van der Waals surface area contributed by atoms with E-state index in [4.69, 9.17) is 9.47 Å². The first-order valence-electron chi connectivity index (χ1n) is 14.0. The molecule has 0 fully saturated rings. The number of aryl methyl sites for hydroxylation is 4. The lowest BCUT2D eigenvalue weighted by atomic mass is 10.2. The number of halogens is 6. The van der Waals surface area contributed by atoms with Crippen molar-refractivity contribution in [1.29, 1.82) is 0 Å². The van der Waals surface area contributed by atoms with Gasteiger partial charge in [-0.1, -0.05) is 0 Å². The van der Waals surface area contributed by atoms with Crippen molar-refractivity contribution in [2.24, 2.45) is 0 Å². The van der Waals surface area contributed by atoms with Gasteiger partial charge in [0, 0.05) is 22.8 Å². The molecule has 0 spiro atoms. The lowest BCUT2D eigenvalue weighted by molar-refractivity contribution is -0.140. The Labute approximate surface area is 265 Å². The Hall–Kier alpha value is -5.02. The molecule has 0 saturated carbocycles. The number of pyridine rings is 2. The van der Waals surface area contributed by atoms with Crippen molar-refractivity contribution in [3.63, 3.8) is 0 Å². The average molecular weight is 671 g/mol. The number of hydrogen-bond donors (Lipinski definition) is 1. The van der Waals surface area contributed by atoms with Gasteiger partial charge in [0.2, 0.25) is 11.8 Å². The quantitative estimate of drug-likeness (QED) is 0.153. The van der Waals surface area contributed by atoms with E-state index in [0.29, 0.717) is 22.8 Å². The zero-order chi connectivity index (χ0) is 35.4. The smallest absolute Gasteiger partial charge is 0.421 e. The van der Waals surface area contributed by atoms with Gasteiger partial charge in [-0.2, -0.15) is 26.3 Å². The molecule has 4 aromatic rings. The summed E-state index contributed by atoms with van der Waals surface area (Å²) in [5.41, 5.74) is -0.501. The monoisotopic (exact) mass is 670 g/mol.